The van der Waals surface area contributed by atoms with Crippen molar-refractivity contribution in [2.75, 3.05) is 5.73 Å². The van der Waals surface area contributed by atoms with Gasteiger partial charge in [0.05, 0.1) is 28.4 Å². The van der Waals surface area contributed by atoms with Gasteiger partial charge >= 0.3 is 0 Å². The summed E-state index contributed by atoms with van der Waals surface area (Å²) in [6.07, 6.45) is 3.30. The molecule has 120 valence electrons. The van der Waals surface area contributed by atoms with E-state index in [2.05, 4.69) is 20.2 Å². The molecule has 24 heavy (non-hydrogen) atoms. The fraction of sp³-hybridized carbons (Fsp3) is 0.125. The Morgan fingerprint density at radius 3 is 2.75 bits per heavy atom. The highest BCUT2D eigenvalue weighted by molar-refractivity contribution is 6.11. The standard InChI is InChI=1S/C16H15N7O/c1-7-3-4-11-9(6-20-22-11)13(7)23-14(17)12(15(18)24)10-5-19-8(2)21-16(10)23/h3-6H,17H2,1-2H3,(H2,18,24)(H,20,22). The molecule has 4 rings (SSSR count). The van der Waals surface area contributed by atoms with Crippen LogP contribution in [0.1, 0.15) is 21.7 Å². The van der Waals surface area contributed by atoms with Gasteiger partial charge in [0.1, 0.15) is 11.6 Å². The Bertz CT molecular complexity index is 1120. The Kier molecular flexibility index (Phi) is 2.83. The van der Waals surface area contributed by atoms with Crippen molar-refractivity contribution in [3.05, 3.63) is 41.5 Å². The molecule has 0 bridgehead atoms. The van der Waals surface area contributed by atoms with E-state index in [0.717, 1.165) is 22.2 Å². The molecule has 0 fully saturated rings. The van der Waals surface area contributed by atoms with Crippen molar-refractivity contribution in [3.63, 3.8) is 0 Å². The number of primary amides is 1. The maximum Gasteiger partial charge on any atom is 0.253 e. The zero-order chi connectivity index (χ0) is 17.0. The lowest BCUT2D eigenvalue weighted by Crippen LogP contribution is -2.14. The number of nitrogens with one attached hydrogen (secondary N) is 1. The first-order valence-electron chi connectivity index (χ1n) is 7.35. The molecule has 0 atom stereocenters. The summed E-state index contributed by atoms with van der Waals surface area (Å²) in [5, 5.41) is 8.44. The van der Waals surface area contributed by atoms with Gasteiger partial charge in [0, 0.05) is 11.6 Å². The zero-order valence-electron chi connectivity index (χ0n) is 13.2. The number of aryl methyl sites for hydroxylation is 2. The van der Waals surface area contributed by atoms with Gasteiger partial charge in [-0.15, -0.1) is 0 Å². The van der Waals surface area contributed by atoms with Gasteiger partial charge in [0.25, 0.3) is 5.91 Å². The number of carbonyl (C=O) groups excluding carboxylic acids is 1. The van der Waals surface area contributed by atoms with E-state index in [1.54, 1.807) is 23.9 Å². The molecule has 3 aromatic heterocycles. The van der Waals surface area contributed by atoms with E-state index in [9.17, 15) is 4.79 Å². The Balaban J connectivity index is 2.23. The molecule has 4 aromatic rings. The van der Waals surface area contributed by atoms with Crippen LogP contribution in [0.2, 0.25) is 0 Å². The van der Waals surface area contributed by atoms with Crippen molar-refractivity contribution in [3.8, 4) is 5.69 Å². The number of nitrogen functional groups attached to an aromatic ring is 1. The maximum atomic E-state index is 11.9. The molecule has 1 amide bonds. The molecule has 0 aliphatic heterocycles. The third-order valence-electron chi connectivity index (χ3n) is 4.13. The van der Waals surface area contributed by atoms with Crippen LogP contribution < -0.4 is 11.5 Å². The lowest BCUT2D eigenvalue weighted by atomic mass is 10.1. The van der Waals surface area contributed by atoms with Crippen LogP contribution in [-0.4, -0.2) is 30.6 Å². The van der Waals surface area contributed by atoms with E-state index >= 15 is 0 Å². The van der Waals surface area contributed by atoms with Crippen molar-refractivity contribution in [1.82, 2.24) is 24.7 Å². The van der Waals surface area contributed by atoms with Gasteiger partial charge in [-0.3, -0.25) is 14.5 Å². The molecule has 5 N–H and O–H groups in total. The van der Waals surface area contributed by atoms with Crippen LogP contribution in [0.4, 0.5) is 5.82 Å². The first kappa shape index (κ1) is 14.2. The van der Waals surface area contributed by atoms with Crippen LogP contribution in [0, 0.1) is 13.8 Å². The summed E-state index contributed by atoms with van der Waals surface area (Å²) in [6.45, 7) is 3.74. The summed E-state index contributed by atoms with van der Waals surface area (Å²) in [5.41, 5.74) is 15.3. The topological polar surface area (TPSA) is 128 Å². The summed E-state index contributed by atoms with van der Waals surface area (Å²) >= 11 is 0. The van der Waals surface area contributed by atoms with E-state index in [0.29, 0.717) is 16.9 Å². The molecule has 8 heteroatoms. The highest BCUT2D eigenvalue weighted by Crippen LogP contribution is 2.34. The number of aromatic amines is 1. The van der Waals surface area contributed by atoms with Crippen molar-refractivity contribution in [1.29, 1.82) is 0 Å². The first-order chi connectivity index (χ1) is 11.5. The molecular weight excluding hydrogens is 306 g/mol. The van der Waals surface area contributed by atoms with Crippen LogP contribution >= 0.6 is 0 Å². The average molecular weight is 321 g/mol. The number of fused-ring (bicyclic) bond motifs is 2. The van der Waals surface area contributed by atoms with Gasteiger partial charge in [0.2, 0.25) is 0 Å². The third kappa shape index (κ3) is 1.79. The predicted molar refractivity (Wildman–Crippen MR) is 90.9 cm³/mol. The number of anilines is 1. The molecule has 0 unspecified atom stereocenters. The van der Waals surface area contributed by atoms with Gasteiger partial charge < -0.3 is 11.5 Å². The molecule has 3 heterocycles. The summed E-state index contributed by atoms with van der Waals surface area (Å²) in [4.78, 5) is 20.6. The van der Waals surface area contributed by atoms with Crippen molar-refractivity contribution in [2.24, 2.45) is 5.73 Å². The van der Waals surface area contributed by atoms with Gasteiger partial charge in [0.15, 0.2) is 5.65 Å². The fourth-order valence-electron chi connectivity index (χ4n) is 3.06. The van der Waals surface area contributed by atoms with E-state index in [1.807, 2.05) is 19.1 Å². The summed E-state index contributed by atoms with van der Waals surface area (Å²) in [5.74, 6) is 0.212. The van der Waals surface area contributed by atoms with E-state index in [-0.39, 0.29) is 11.4 Å². The van der Waals surface area contributed by atoms with Crippen LogP contribution in [-0.2, 0) is 0 Å². The number of H-pyrrole nitrogens is 1. The van der Waals surface area contributed by atoms with Crippen molar-refractivity contribution >= 4 is 33.7 Å². The number of hydrogen-bond acceptors (Lipinski definition) is 5. The zero-order valence-corrected chi connectivity index (χ0v) is 13.2. The normalized spacial score (nSPS) is 11.4. The predicted octanol–water partition coefficient (Wildman–Crippen LogP) is 1.59. The van der Waals surface area contributed by atoms with Gasteiger partial charge in [-0.1, -0.05) is 6.07 Å². The van der Waals surface area contributed by atoms with E-state index < -0.39 is 5.91 Å². The number of aromatic nitrogens is 5. The highest BCUT2D eigenvalue weighted by atomic mass is 16.1. The van der Waals surface area contributed by atoms with Crippen LogP contribution in [0.3, 0.4) is 0 Å². The number of amides is 1. The van der Waals surface area contributed by atoms with E-state index in [1.165, 1.54) is 0 Å². The summed E-state index contributed by atoms with van der Waals surface area (Å²) < 4.78 is 1.75. The molecule has 0 radical (unpaired) electrons. The SMILES string of the molecule is Cc1ncc2c(C(N)=O)c(N)n(-c3c(C)ccc4[nH]ncc34)c2n1. The minimum absolute atomic E-state index is 0.227. The molecule has 0 spiro atoms. The molecule has 0 saturated carbocycles. The van der Waals surface area contributed by atoms with Crippen LogP contribution in [0.15, 0.2) is 24.5 Å². The van der Waals surface area contributed by atoms with Gasteiger partial charge in [-0.25, -0.2) is 9.97 Å². The Morgan fingerprint density at radius 1 is 1.21 bits per heavy atom. The number of nitrogens with zero attached hydrogens (tertiary/aromatic N) is 4. The smallest absolute Gasteiger partial charge is 0.253 e. The minimum Gasteiger partial charge on any atom is -0.384 e. The fourth-order valence-corrected chi connectivity index (χ4v) is 3.06. The Morgan fingerprint density at radius 2 is 2.00 bits per heavy atom. The monoisotopic (exact) mass is 321 g/mol. The summed E-state index contributed by atoms with van der Waals surface area (Å²) in [6, 6.07) is 3.90. The highest BCUT2D eigenvalue weighted by Gasteiger charge is 2.23. The average Bonchev–Trinajstić information content (AvgIpc) is 3.10. The maximum absolute atomic E-state index is 11.9. The molecule has 1 aromatic carbocycles. The lowest BCUT2D eigenvalue weighted by molar-refractivity contribution is 0.100. The number of rotatable bonds is 2. The minimum atomic E-state index is -0.610. The third-order valence-corrected chi connectivity index (χ3v) is 4.13. The number of hydrogen-bond donors (Lipinski definition) is 3. The van der Waals surface area contributed by atoms with Crippen LogP contribution in [0.25, 0.3) is 27.6 Å². The second-order valence-electron chi connectivity index (χ2n) is 5.68. The number of nitrogens with two attached hydrogens (primary N) is 2. The molecule has 0 aliphatic rings. The summed E-state index contributed by atoms with van der Waals surface area (Å²) in [7, 11) is 0. The van der Waals surface area contributed by atoms with Gasteiger partial charge in [-0.05, 0) is 25.5 Å². The second kappa shape index (κ2) is 4.79. The van der Waals surface area contributed by atoms with Crippen molar-refractivity contribution < 1.29 is 4.79 Å². The lowest BCUT2D eigenvalue weighted by Gasteiger charge is -2.12. The van der Waals surface area contributed by atoms with Crippen molar-refractivity contribution in [2.45, 2.75) is 13.8 Å². The quantitative estimate of drug-likeness (QED) is 0.516. The largest absolute Gasteiger partial charge is 0.384 e. The van der Waals surface area contributed by atoms with E-state index in [4.69, 9.17) is 11.5 Å². The molecular formula is C16H15N7O. The molecule has 8 nitrogen and oxygen atoms in total. The number of benzene rings is 1. The second-order valence-corrected chi connectivity index (χ2v) is 5.68. The molecule has 0 aliphatic carbocycles. The van der Waals surface area contributed by atoms with Gasteiger partial charge in [-0.2, -0.15) is 5.10 Å². The molecule has 0 saturated heterocycles. The first-order valence-corrected chi connectivity index (χ1v) is 7.35. The number of carbonyl (C=O) groups is 1. The Labute approximate surface area is 136 Å². The van der Waals surface area contributed by atoms with Crippen LogP contribution in [0.5, 0.6) is 0 Å². The Hall–Kier alpha value is -3.42.